The maximum atomic E-state index is 9.43. The van der Waals surface area contributed by atoms with Crippen molar-refractivity contribution in [3.8, 4) is 5.75 Å². The lowest BCUT2D eigenvalue weighted by Gasteiger charge is -2.10. The van der Waals surface area contributed by atoms with Crippen molar-refractivity contribution in [2.75, 3.05) is 22.5 Å². The Balaban J connectivity index is 2.13. The smallest absolute Gasteiger partial charge is 0.119 e. The normalized spacial score (nSPS) is 10.2. The minimum absolute atomic E-state index is 0.123. The average molecular weight is 244 g/mol. The van der Waals surface area contributed by atoms with Crippen LogP contribution >= 0.6 is 0 Å². The second-order valence-corrected chi connectivity index (χ2v) is 4.13. The second kappa shape index (κ2) is 4.75. The zero-order chi connectivity index (χ0) is 13.1. The van der Waals surface area contributed by atoms with Crippen molar-refractivity contribution in [2.45, 2.75) is 6.54 Å². The number of nitrogen functional groups attached to an aromatic ring is 3. The zero-order valence-electron chi connectivity index (χ0n) is 9.85. The summed E-state index contributed by atoms with van der Waals surface area (Å²) in [6, 6.07) is 10.2. The van der Waals surface area contributed by atoms with E-state index in [1.807, 2.05) is 6.07 Å². The van der Waals surface area contributed by atoms with Gasteiger partial charge in [0.05, 0.1) is 0 Å². The van der Waals surface area contributed by atoms with Crippen LogP contribution in [-0.4, -0.2) is 5.11 Å². The van der Waals surface area contributed by atoms with Crippen LogP contribution in [0.2, 0.25) is 0 Å². The molecule has 0 aromatic heterocycles. The Kier molecular flexibility index (Phi) is 3.14. The van der Waals surface area contributed by atoms with Gasteiger partial charge in [-0.3, -0.25) is 0 Å². The molecule has 5 heteroatoms. The van der Waals surface area contributed by atoms with Crippen LogP contribution in [0.4, 0.5) is 22.7 Å². The molecule has 0 heterocycles. The summed E-state index contributed by atoms with van der Waals surface area (Å²) < 4.78 is 0. The highest BCUT2D eigenvalue weighted by Crippen LogP contribution is 2.23. The average Bonchev–Trinajstić information content (AvgIpc) is 2.29. The van der Waals surface area contributed by atoms with E-state index in [2.05, 4.69) is 5.32 Å². The Morgan fingerprint density at radius 1 is 0.944 bits per heavy atom. The molecule has 94 valence electrons. The van der Waals surface area contributed by atoms with E-state index >= 15 is 0 Å². The number of phenolic OH excluding ortho intramolecular Hbond substituents is 1. The Morgan fingerprint density at radius 3 is 2.44 bits per heavy atom. The third kappa shape index (κ3) is 2.76. The highest BCUT2D eigenvalue weighted by molar-refractivity contribution is 5.61. The molecule has 0 radical (unpaired) electrons. The minimum atomic E-state index is 0.123. The van der Waals surface area contributed by atoms with Crippen molar-refractivity contribution in [1.29, 1.82) is 0 Å². The highest BCUT2D eigenvalue weighted by atomic mass is 16.3. The summed E-state index contributed by atoms with van der Waals surface area (Å²) in [7, 11) is 0. The van der Waals surface area contributed by atoms with Crippen LogP contribution in [0.25, 0.3) is 0 Å². The molecule has 0 aliphatic heterocycles. The summed E-state index contributed by atoms with van der Waals surface area (Å²) in [5.74, 6) is 0.123. The number of hydrogen-bond acceptors (Lipinski definition) is 5. The molecule has 2 aromatic rings. The van der Waals surface area contributed by atoms with Gasteiger partial charge >= 0.3 is 0 Å². The van der Waals surface area contributed by atoms with Gasteiger partial charge in [0.25, 0.3) is 0 Å². The third-order valence-electron chi connectivity index (χ3n) is 2.59. The summed E-state index contributed by atoms with van der Waals surface area (Å²) in [6.45, 7) is 0.514. The molecule has 0 unspecified atom stereocenters. The van der Waals surface area contributed by atoms with Crippen LogP contribution in [0, 0.1) is 0 Å². The van der Waals surface area contributed by atoms with Crippen LogP contribution in [0.1, 0.15) is 5.56 Å². The van der Waals surface area contributed by atoms with Gasteiger partial charge in [0, 0.05) is 41.4 Å². The van der Waals surface area contributed by atoms with Crippen LogP contribution in [0.3, 0.4) is 0 Å². The van der Waals surface area contributed by atoms with Gasteiger partial charge in [0.15, 0.2) is 0 Å². The summed E-state index contributed by atoms with van der Waals surface area (Å²) in [5, 5.41) is 12.6. The van der Waals surface area contributed by atoms with Crippen molar-refractivity contribution in [2.24, 2.45) is 0 Å². The first-order chi connectivity index (χ1) is 8.54. The monoisotopic (exact) mass is 244 g/mol. The number of hydrogen-bond donors (Lipinski definition) is 5. The van der Waals surface area contributed by atoms with Crippen molar-refractivity contribution < 1.29 is 5.11 Å². The summed E-state index contributed by atoms with van der Waals surface area (Å²) >= 11 is 0. The number of nitrogens with two attached hydrogens (primary N) is 3. The standard InChI is InChI=1S/C13H16N4O/c14-9-1-2-13(16)8(3-9)7-17-11-4-10(15)5-12(18)6-11/h1-6,17-18H,7,14-16H2. The number of rotatable bonds is 3. The molecule has 18 heavy (non-hydrogen) atoms. The van der Waals surface area contributed by atoms with Gasteiger partial charge in [-0.1, -0.05) is 0 Å². The third-order valence-corrected chi connectivity index (χ3v) is 2.59. The quantitative estimate of drug-likeness (QED) is 0.528. The Labute approximate surface area is 105 Å². The van der Waals surface area contributed by atoms with Crippen molar-refractivity contribution >= 4 is 22.7 Å². The molecule has 0 atom stereocenters. The van der Waals surface area contributed by atoms with Crippen LogP contribution in [0.5, 0.6) is 5.75 Å². The summed E-state index contributed by atoms with van der Waals surface area (Å²) in [6.07, 6.45) is 0. The molecule has 5 nitrogen and oxygen atoms in total. The number of phenols is 1. The molecule has 0 saturated carbocycles. The molecule has 0 aliphatic carbocycles. The fourth-order valence-electron chi connectivity index (χ4n) is 1.71. The van der Waals surface area contributed by atoms with Gasteiger partial charge in [0.2, 0.25) is 0 Å². The lowest BCUT2D eigenvalue weighted by atomic mass is 10.1. The minimum Gasteiger partial charge on any atom is -0.508 e. The fourth-order valence-corrected chi connectivity index (χ4v) is 1.71. The molecule has 0 fully saturated rings. The van der Waals surface area contributed by atoms with Gasteiger partial charge < -0.3 is 27.6 Å². The maximum Gasteiger partial charge on any atom is 0.119 e. The van der Waals surface area contributed by atoms with Crippen molar-refractivity contribution in [3.05, 3.63) is 42.0 Å². The van der Waals surface area contributed by atoms with E-state index in [0.29, 0.717) is 23.6 Å². The van der Waals surface area contributed by atoms with Crippen molar-refractivity contribution in [3.63, 3.8) is 0 Å². The van der Waals surface area contributed by atoms with Gasteiger partial charge in [-0.05, 0) is 29.8 Å². The highest BCUT2D eigenvalue weighted by Gasteiger charge is 2.01. The molecular formula is C13H16N4O. The molecular weight excluding hydrogens is 228 g/mol. The molecule has 0 amide bonds. The fraction of sp³-hybridized carbons (Fsp3) is 0.0769. The second-order valence-electron chi connectivity index (χ2n) is 4.13. The number of benzene rings is 2. The van der Waals surface area contributed by atoms with Gasteiger partial charge in [0.1, 0.15) is 5.75 Å². The molecule has 2 aromatic carbocycles. The number of nitrogens with one attached hydrogen (secondary N) is 1. The van der Waals surface area contributed by atoms with Gasteiger partial charge in [-0.15, -0.1) is 0 Å². The first-order valence-electron chi connectivity index (χ1n) is 5.52. The van der Waals surface area contributed by atoms with E-state index in [0.717, 1.165) is 11.3 Å². The van der Waals surface area contributed by atoms with E-state index in [9.17, 15) is 5.11 Å². The van der Waals surface area contributed by atoms with E-state index in [1.165, 1.54) is 6.07 Å². The summed E-state index contributed by atoms with van der Waals surface area (Å²) in [5.41, 5.74) is 20.6. The number of aromatic hydroxyl groups is 1. The first-order valence-corrected chi connectivity index (χ1v) is 5.52. The molecule has 0 bridgehead atoms. The molecule has 8 N–H and O–H groups in total. The van der Waals surface area contributed by atoms with E-state index in [1.54, 1.807) is 24.3 Å². The molecule has 2 rings (SSSR count). The topological polar surface area (TPSA) is 110 Å². The maximum absolute atomic E-state index is 9.43. The zero-order valence-corrected chi connectivity index (χ0v) is 9.85. The van der Waals surface area contributed by atoms with E-state index in [4.69, 9.17) is 17.2 Å². The van der Waals surface area contributed by atoms with Crippen LogP contribution < -0.4 is 22.5 Å². The number of anilines is 4. The Hall–Kier alpha value is -2.56. The van der Waals surface area contributed by atoms with Crippen molar-refractivity contribution in [1.82, 2.24) is 0 Å². The largest absolute Gasteiger partial charge is 0.508 e. The lowest BCUT2D eigenvalue weighted by molar-refractivity contribution is 0.476. The predicted octanol–water partition coefficient (Wildman–Crippen LogP) is 1.75. The molecule has 0 spiro atoms. The van der Waals surface area contributed by atoms with Crippen LogP contribution in [0.15, 0.2) is 36.4 Å². The lowest BCUT2D eigenvalue weighted by Crippen LogP contribution is -2.04. The van der Waals surface area contributed by atoms with Gasteiger partial charge in [-0.2, -0.15) is 0 Å². The predicted molar refractivity (Wildman–Crippen MR) is 75.1 cm³/mol. The molecule has 0 aliphatic rings. The SMILES string of the molecule is Nc1cc(O)cc(NCc2cc(N)ccc2N)c1. The van der Waals surface area contributed by atoms with Crippen LogP contribution in [-0.2, 0) is 6.54 Å². The Morgan fingerprint density at radius 2 is 1.72 bits per heavy atom. The van der Waals surface area contributed by atoms with Gasteiger partial charge in [-0.25, -0.2) is 0 Å². The summed E-state index contributed by atoms with van der Waals surface area (Å²) in [4.78, 5) is 0. The first kappa shape index (κ1) is 11.9. The van der Waals surface area contributed by atoms with E-state index < -0.39 is 0 Å². The van der Waals surface area contributed by atoms with E-state index in [-0.39, 0.29) is 5.75 Å². The Bertz CT molecular complexity index is 549. The molecule has 0 saturated heterocycles.